The Hall–Kier alpha value is -1.59. The molecule has 0 aromatic rings. The standard InChI is InChI=1S/C56H108O6/c1-5-8-10-12-14-16-18-20-22-24-26-28-30-32-34-39-43-47-54(57)60-50-53(51-61-55(58)48-44-40-37-36-38-42-46-52(4)7-3)62-56(59)49-45-41-35-33-31-29-27-25-23-21-19-17-15-13-11-9-6-2/h52-53H,5-51H2,1-4H3/t52?,53-/m0/s1. The molecule has 0 aromatic carbocycles. The zero-order chi connectivity index (χ0) is 45.2. The van der Waals surface area contributed by atoms with E-state index in [4.69, 9.17) is 14.2 Å². The fourth-order valence-corrected chi connectivity index (χ4v) is 8.54. The van der Waals surface area contributed by atoms with Crippen LogP contribution in [0.1, 0.15) is 317 Å². The van der Waals surface area contributed by atoms with Crippen molar-refractivity contribution in [1.29, 1.82) is 0 Å². The van der Waals surface area contributed by atoms with Crippen molar-refractivity contribution in [3.8, 4) is 0 Å². The number of ether oxygens (including phenoxy) is 3. The molecule has 2 atom stereocenters. The molecule has 0 saturated heterocycles. The molecule has 0 radical (unpaired) electrons. The van der Waals surface area contributed by atoms with Crippen LogP contribution in [-0.2, 0) is 28.6 Å². The van der Waals surface area contributed by atoms with Crippen molar-refractivity contribution in [2.75, 3.05) is 13.2 Å². The van der Waals surface area contributed by atoms with Crippen LogP contribution in [0.15, 0.2) is 0 Å². The summed E-state index contributed by atoms with van der Waals surface area (Å²) in [5.74, 6) is -0.0281. The average Bonchev–Trinajstić information content (AvgIpc) is 3.27. The fraction of sp³-hybridized carbons (Fsp3) is 0.946. The van der Waals surface area contributed by atoms with Crippen LogP contribution < -0.4 is 0 Å². The summed E-state index contributed by atoms with van der Waals surface area (Å²) < 4.78 is 16.8. The monoisotopic (exact) mass is 877 g/mol. The average molecular weight is 877 g/mol. The molecule has 1 unspecified atom stereocenters. The molecule has 0 N–H and O–H groups in total. The van der Waals surface area contributed by atoms with E-state index >= 15 is 0 Å². The van der Waals surface area contributed by atoms with E-state index in [9.17, 15) is 14.4 Å². The molecule has 0 heterocycles. The first-order chi connectivity index (χ1) is 30.4. The van der Waals surface area contributed by atoms with E-state index in [0.717, 1.165) is 63.7 Å². The summed E-state index contributed by atoms with van der Waals surface area (Å²) in [4.78, 5) is 38.0. The van der Waals surface area contributed by atoms with Gasteiger partial charge in [0.2, 0.25) is 0 Å². The maximum absolute atomic E-state index is 12.8. The number of esters is 3. The van der Waals surface area contributed by atoms with E-state index in [-0.39, 0.29) is 31.1 Å². The Morgan fingerprint density at radius 1 is 0.323 bits per heavy atom. The highest BCUT2D eigenvalue weighted by atomic mass is 16.6. The Morgan fingerprint density at radius 3 is 0.839 bits per heavy atom. The topological polar surface area (TPSA) is 78.9 Å². The van der Waals surface area contributed by atoms with Crippen LogP contribution in [0.5, 0.6) is 0 Å². The summed E-state index contributed by atoms with van der Waals surface area (Å²) in [5.41, 5.74) is 0. The molecule has 0 aliphatic rings. The molecule has 0 rings (SSSR count). The van der Waals surface area contributed by atoms with Crippen molar-refractivity contribution in [1.82, 2.24) is 0 Å². The largest absolute Gasteiger partial charge is 0.462 e. The van der Waals surface area contributed by atoms with Gasteiger partial charge in [0.15, 0.2) is 6.10 Å². The predicted octanol–water partition coefficient (Wildman–Crippen LogP) is 18.2. The maximum atomic E-state index is 12.8. The second kappa shape index (κ2) is 50.4. The van der Waals surface area contributed by atoms with Gasteiger partial charge in [0, 0.05) is 19.3 Å². The molecule has 0 amide bonds. The number of hydrogen-bond acceptors (Lipinski definition) is 6. The van der Waals surface area contributed by atoms with E-state index in [1.807, 2.05) is 0 Å². The van der Waals surface area contributed by atoms with Gasteiger partial charge >= 0.3 is 17.9 Å². The Labute approximate surface area is 387 Å². The van der Waals surface area contributed by atoms with Crippen LogP contribution in [-0.4, -0.2) is 37.2 Å². The van der Waals surface area contributed by atoms with Gasteiger partial charge < -0.3 is 14.2 Å². The van der Waals surface area contributed by atoms with Gasteiger partial charge in [0.1, 0.15) is 13.2 Å². The minimum Gasteiger partial charge on any atom is -0.462 e. The second-order valence-electron chi connectivity index (χ2n) is 19.5. The molecule has 0 fully saturated rings. The lowest BCUT2D eigenvalue weighted by Crippen LogP contribution is -2.30. The minimum absolute atomic E-state index is 0.0630. The first-order valence-corrected chi connectivity index (χ1v) is 27.9. The van der Waals surface area contributed by atoms with Gasteiger partial charge in [-0.15, -0.1) is 0 Å². The lowest BCUT2D eigenvalue weighted by atomic mass is 10.00. The summed E-state index contributed by atoms with van der Waals surface area (Å²) in [6, 6.07) is 0. The first kappa shape index (κ1) is 60.4. The van der Waals surface area contributed by atoms with Gasteiger partial charge in [0.05, 0.1) is 0 Å². The van der Waals surface area contributed by atoms with E-state index in [1.54, 1.807) is 0 Å². The Kier molecular flexibility index (Phi) is 49.1. The third kappa shape index (κ3) is 47.9. The Bertz CT molecular complexity index is 935. The molecule has 368 valence electrons. The third-order valence-corrected chi connectivity index (χ3v) is 13.2. The summed E-state index contributed by atoms with van der Waals surface area (Å²) in [6.07, 6.45) is 53.8. The highest BCUT2D eigenvalue weighted by molar-refractivity contribution is 5.71. The van der Waals surface area contributed by atoms with Gasteiger partial charge in [-0.2, -0.15) is 0 Å². The summed E-state index contributed by atoms with van der Waals surface area (Å²) in [5, 5.41) is 0. The zero-order valence-corrected chi connectivity index (χ0v) is 42.3. The quantitative estimate of drug-likeness (QED) is 0.0344. The number of hydrogen-bond donors (Lipinski definition) is 0. The number of carbonyl (C=O) groups is 3. The van der Waals surface area contributed by atoms with E-state index in [2.05, 4.69) is 27.7 Å². The van der Waals surface area contributed by atoms with Crippen molar-refractivity contribution < 1.29 is 28.6 Å². The molecule has 0 saturated carbocycles. The van der Waals surface area contributed by atoms with Crippen molar-refractivity contribution in [3.05, 3.63) is 0 Å². The van der Waals surface area contributed by atoms with Crippen LogP contribution in [0.4, 0.5) is 0 Å². The number of rotatable bonds is 51. The van der Waals surface area contributed by atoms with Crippen molar-refractivity contribution in [2.45, 2.75) is 323 Å². The van der Waals surface area contributed by atoms with Crippen LogP contribution in [0.25, 0.3) is 0 Å². The zero-order valence-electron chi connectivity index (χ0n) is 42.3. The molecular formula is C56H108O6. The Balaban J connectivity index is 4.26. The van der Waals surface area contributed by atoms with Gasteiger partial charge in [-0.05, 0) is 25.2 Å². The molecule has 62 heavy (non-hydrogen) atoms. The molecule has 0 aliphatic heterocycles. The van der Waals surface area contributed by atoms with Crippen LogP contribution in [0, 0.1) is 5.92 Å². The molecular weight excluding hydrogens is 769 g/mol. The lowest BCUT2D eigenvalue weighted by Gasteiger charge is -2.18. The molecule has 0 bridgehead atoms. The number of carbonyl (C=O) groups excluding carboxylic acids is 3. The summed E-state index contributed by atoms with van der Waals surface area (Å²) in [7, 11) is 0. The van der Waals surface area contributed by atoms with E-state index in [1.165, 1.54) is 212 Å². The smallest absolute Gasteiger partial charge is 0.306 e. The second-order valence-corrected chi connectivity index (χ2v) is 19.5. The van der Waals surface area contributed by atoms with Crippen molar-refractivity contribution in [3.63, 3.8) is 0 Å². The molecule has 0 aromatic heterocycles. The van der Waals surface area contributed by atoms with Crippen LogP contribution >= 0.6 is 0 Å². The van der Waals surface area contributed by atoms with Crippen LogP contribution in [0.3, 0.4) is 0 Å². The maximum Gasteiger partial charge on any atom is 0.306 e. The van der Waals surface area contributed by atoms with E-state index < -0.39 is 6.10 Å². The normalized spacial score (nSPS) is 12.4. The Morgan fingerprint density at radius 2 is 0.565 bits per heavy atom. The fourth-order valence-electron chi connectivity index (χ4n) is 8.54. The summed E-state index contributed by atoms with van der Waals surface area (Å²) >= 11 is 0. The highest BCUT2D eigenvalue weighted by Crippen LogP contribution is 2.18. The van der Waals surface area contributed by atoms with Crippen molar-refractivity contribution >= 4 is 17.9 Å². The summed E-state index contributed by atoms with van der Waals surface area (Å²) in [6.45, 7) is 9.02. The van der Waals surface area contributed by atoms with Gasteiger partial charge in [-0.25, -0.2) is 0 Å². The minimum atomic E-state index is -0.762. The lowest BCUT2D eigenvalue weighted by molar-refractivity contribution is -0.167. The van der Waals surface area contributed by atoms with Crippen molar-refractivity contribution in [2.24, 2.45) is 5.92 Å². The molecule has 0 aliphatic carbocycles. The van der Waals surface area contributed by atoms with Gasteiger partial charge in [-0.3, -0.25) is 14.4 Å². The molecule has 0 spiro atoms. The SMILES string of the molecule is CCCCCCCCCCCCCCCCCCCC(=O)OC[C@@H](COC(=O)CCCCCCCCC(C)CC)OC(=O)CCCCCCCCCCCCCCCCCCC. The van der Waals surface area contributed by atoms with Crippen LogP contribution in [0.2, 0.25) is 0 Å². The van der Waals surface area contributed by atoms with E-state index in [0.29, 0.717) is 19.3 Å². The third-order valence-electron chi connectivity index (χ3n) is 13.2. The number of unbranched alkanes of at least 4 members (excludes halogenated alkanes) is 37. The van der Waals surface area contributed by atoms with Gasteiger partial charge in [0.25, 0.3) is 0 Å². The molecule has 6 heteroatoms. The van der Waals surface area contributed by atoms with Gasteiger partial charge in [-0.1, -0.05) is 278 Å². The highest BCUT2D eigenvalue weighted by Gasteiger charge is 2.19. The first-order valence-electron chi connectivity index (χ1n) is 27.9. The molecule has 6 nitrogen and oxygen atoms in total. The predicted molar refractivity (Wildman–Crippen MR) is 266 cm³/mol.